The normalized spacial score (nSPS) is 18.7. The summed E-state index contributed by atoms with van der Waals surface area (Å²) in [4.78, 5) is 14.6. The highest BCUT2D eigenvalue weighted by molar-refractivity contribution is 6.10. The lowest BCUT2D eigenvalue weighted by Crippen LogP contribution is -2.31. The molecule has 0 radical (unpaired) electrons. The van der Waals surface area contributed by atoms with Gasteiger partial charge in [-0.05, 0) is 30.0 Å². The molecule has 1 amide bonds. The summed E-state index contributed by atoms with van der Waals surface area (Å²) in [6.07, 6.45) is 2.02. The van der Waals surface area contributed by atoms with Crippen LogP contribution in [0, 0.1) is 0 Å². The van der Waals surface area contributed by atoms with Crippen molar-refractivity contribution in [1.29, 1.82) is 0 Å². The Morgan fingerprint density at radius 2 is 1.63 bits per heavy atom. The number of nitrogens with zero attached hydrogens (tertiary/aromatic N) is 1. The smallest absolute Gasteiger partial charge is 0.238 e. The van der Waals surface area contributed by atoms with Crippen molar-refractivity contribution >= 4 is 11.6 Å². The van der Waals surface area contributed by atoms with E-state index in [1.54, 1.807) is 0 Å². The number of fused-ring (bicyclic) bond motifs is 2. The van der Waals surface area contributed by atoms with Crippen molar-refractivity contribution in [1.82, 2.24) is 0 Å². The summed E-state index contributed by atoms with van der Waals surface area (Å²) >= 11 is 0. The van der Waals surface area contributed by atoms with E-state index < -0.39 is 0 Å². The quantitative estimate of drug-likeness (QED) is 0.800. The lowest BCUT2D eigenvalue weighted by molar-refractivity contribution is -0.120. The van der Waals surface area contributed by atoms with Gasteiger partial charge in [0.25, 0.3) is 0 Å². The van der Waals surface area contributed by atoms with E-state index >= 15 is 0 Å². The lowest BCUT2D eigenvalue weighted by Gasteiger charge is -2.18. The van der Waals surface area contributed by atoms with Crippen molar-refractivity contribution in [3.05, 3.63) is 65.7 Å². The first-order chi connectivity index (χ1) is 9.31. The van der Waals surface area contributed by atoms with E-state index in [-0.39, 0.29) is 11.3 Å². The number of hydrogen-bond donors (Lipinski definition) is 0. The van der Waals surface area contributed by atoms with Gasteiger partial charge in [0.1, 0.15) is 0 Å². The van der Waals surface area contributed by atoms with Gasteiger partial charge >= 0.3 is 0 Å². The molecule has 94 valence electrons. The van der Waals surface area contributed by atoms with E-state index in [9.17, 15) is 4.79 Å². The van der Waals surface area contributed by atoms with Gasteiger partial charge in [0.05, 0.1) is 12.0 Å². The number of para-hydroxylation sites is 1. The monoisotopic (exact) mass is 249 g/mol. The molecule has 1 fully saturated rings. The highest BCUT2D eigenvalue weighted by Crippen LogP contribution is 2.57. The number of hydrogen-bond acceptors (Lipinski definition) is 1. The Kier molecular flexibility index (Phi) is 2.10. The molecular weight excluding hydrogens is 234 g/mol. The van der Waals surface area contributed by atoms with Crippen molar-refractivity contribution in [2.45, 2.75) is 24.8 Å². The average Bonchev–Trinajstić information content (AvgIpc) is 3.23. The third-order valence-corrected chi connectivity index (χ3v) is 4.30. The highest BCUT2D eigenvalue weighted by atomic mass is 16.2. The van der Waals surface area contributed by atoms with Crippen molar-refractivity contribution in [2.75, 3.05) is 4.90 Å². The fourth-order valence-electron chi connectivity index (χ4n) is 3.13. The molecule has 0 atom stereocenters. The van der Waals surface area contributed by atoms with E-state index in [1.807, 2.05) is 35.2 Å². The Morgan fingerprint density at radius 3 is 2.37 bits per heavy atom. The van der Waals surface area contributed by atoms with Gasteiger partial charge in [-0.2, -0.15) is 0 Å². The van der Waals surface area contributed by atoms with Crippen LogP contribution < -0.4 is 4.90 Å². The molecule has 1 aliphatic carbocycles. The van der Waals surface area contributed by atoms with Crippen LogP contribution in [0.15, 0.2) is 54.6 Å². The van der Waals surface area contributed by atoms with Gasteiger partial charge in [-0.15, -0.1) is 0 Å². The first-order valence-corrected chi connectivity index (χ1v) is 6.77. The molecule has 19 heavy (non-hydrogen) atoms. The molecule has 0 bridgehead atoms. The van der Waals surface area contributed by atoms with Crippen LogP contribution in [0.5, 0.6) is 0 Å². The van der Waals surface area contributed by atoms with Crippen molar-refractivity contribution in [3.63, 3.8) is 0 Å². The number of rotatable bonds is 2. The molecule has 1 heterocycles. The molecular formula is C17H15NO. The topological polar surface area (TPSA) is 20.3 Å². The maximum Gasteiger partial charge on any atom is 0.238 e. The molecule has 1 spiro atoms. The minimum absolute atomic E-state index is 0.175. The summed E-state index contributed by atoms with van der Waals surface area (Å²) in [7, 11) is 0. The van der Waals surface area contributed by atoms with Crippen molar-refractivity contribution in [3.8, 4) is 0 Å². The van der Waals surface area contributed by atoms with E-state index in [0.29, 0.717) is 6.54 Å². The van der Waals surface area contributed by atoms with Crippen LogP contribution in [0.25, 0.3) is 0 Å². The van der Waals surface area contributed by atoms with E-state index in [2.05, 4.69) is 24.3 Å². The van der Waals surface area contributed by atoms with Gasteiger partial charge in [0, 0.05) is 5.69 Å². The van der Waals surface area contributed by atoms with Crippen molar-refractivity contribution < 1.29 is 4.79 Å². The summed E-state index contributed by atoms with van der Waals surface area (Å²) < 4.78 is 0. The second-order valence-electron chi connectivity index (χ2n) is 5.48. The fraction of sp³-hybridized carbons (Fsp3) is 0.235. The van der Waals surface area contributed by atoms with Crippen LogP contribution in [0.3, 0.4) is 0 Å². The molecule has 2 aliphatic rings. The van der Waals surface area contributed by atoms with Gasteiger partial charge in [-0.1, -0.05) is 48.5 Å². The Bertz CT molecular complexity index is 643. The van der Waals surface area contributed by atoms with Crippen LogP contribution in [0.4, 0.5) is 5.69 Å². The number of amides is 1. The van der Waals surface area contributed by atoms with Gasteiger partial charge < -0.3 is 4.90 Å². The molecule has 2 heteroatoms. The molecule has 2 aromatic carbocycles. The minimum Gasteiger partial charge on any atom is -0.307 e. The first-order valence-electron chi connectivity index (χ1n) is 6.77. The van der Waals surface area contributed by atoms with Crippen LogP contribution in [0.2, 0.25) is 0 Å². The van der Waals surface area contributed by atoms with E-state index in [0.717, 1.165) is 18.5 Å². The third kappa shape index (κ3) is 1.46. The molecule has 0 N–H and O–H groups in total. The van der Waals surface area contributed by atoms with E-state index in [4.69, 9.17) is 0 Å². The zero-order valence-corrected chi connectivity index (χ0v) is 10.7. The largest absolute Gasteiger partial charge is 0.307 e. The zero-order valence-electron chi connectivity index (χ0n) is 10.7. The van der Waals surface area contributed by atoms with Gasteiger partial charge in [0.15, 0.2) is 0 Å². The maximum atomic E-state index is 12.7. The standard InChI is InChI=1S/C17H15NO/c19-16-17(10-11-17)14-8-4-5-9-15(14)18(16)12-13-6-2-1-3-7-13/h1-9H,10-12H2. The second kappa shape index (κ2) is 3.70. The predicted molar refractivity (Wildman–Crippen MR) is 75.0 cm³/mol. The average molecular weight is 249 g/mol. The van der Waals surface area contributed by atoms with Gasteiger partial charge in [0.2, 0.25) is 5.91 Å². The minimum atomic E-state index is -0.175. The molecule has 2 nitrogen and oxygen atoms in total. The molecule has 4 rings (SSSR count). The molecule has 0 aromatic heterocycles. The lowest BCUT2D eigenvalue weighted by atomic mass is 9.98. The third-order valence-electron chi connectivity index (χ3n) is 4.30. The van der Waals surface area contributed by atoms with Crippen LogP contribution in [-0.2, 0) is 16.8 Å². The molecule has 0 unspecified atom stereocenters. The number of carbonyl (C=O) groups is 1. The maximum absolute atomic E-state index is 12.7. The van der Waals surface area contributed by atoms with Crippen LogP contribution in [0.1, 0.15) is 24.0 Å². The number of benzene rings is 2. The van der Waals surface area contributed by atoms with Crippen molar-refractivity contribution in [2.24, 2.45) is 0 Å². The van der Waals surface area contributed by atoms with Crippen LogP contribution >= 0.6 is 0 Å². The summed E-state index contributed by atoms with van der Waals surface area (Å²) in [6, 6.07) is 18.5. The van der Waals surface area contributed by atoms with E-state index in [1.165, 1.54) is 11.1 Å². The Morgan fingerprint density at radius 1 is 0.947 bits per heavy atom. The SMILES string of the molecule is O=C1N(Cc2ccccc2)c2ccccc2C12CC2. The van der Waals surface area contributed by atoms with Gasteiger partial charge in [-0.25, -0.2) is 0 Å². The Hall–Kier alpha value is -2.09. The van der Waals surface area contributed by atoms with Gasteiger partial charge in [-0.3, -0.25) is 4.79 Å². The predicted octanol–water partition coefficient (Wildman–Crippen LogP) is 3.27. The first kappa shape index (κ1) is 10.8. The highest BCUT2D eigenvalue weighted by Gasteiger charge is 2.58. The summed E-state index contributed by atoms with van der Waals surface area (Å²) in [5, 5.41) is 0. The number of carbonyl (C=O) groups excluding carboxylic acids is 1. The Balaban J connectivity index is 1.76. The summed E-state index contributed by atoms with van der Waals surface area (Å²) in [5.74, 6) is 0.289. The molecule has 1 aliphatic heterocycles. The molecule has 0 saturated heterocycles. The zero-order chi connectivity index (χ0) is 12.9. The number of anilines is 1. The molecule has 2 aromatic rings. The second-order valence-corrected chi connectivity index (χ2v) is 5.48. The fourth-order valence-corrected chi connectivity index (χ4v) is 3.13. The Labute approximate surface area is 112 Å². The summed E-state index contributed by atoms with van der Waals surface area (Å²) in [6.45, 7) is 0.679. The summed E-state index contributed by atoms with van der Waals surface area (Å²) in [5.41, 5.74) is 3.35. The van der Waals surface area contributed by atoms with Crippen LogP contribution in [-0.4, -0.2) is 5.91 Å². The molecule has 1 saturated carbocycles.